The second-order valence-electron chi connectivity index (χ2n) is 3.37. The molecule has 118 valence electrons. The van der Waals surface area contributed by atoms with Gasteiger partial charge >= 0.3 is 18.7 Å². The van der Waals surface area contributed by atoms with Crippen molar-refractivity contribution in [2.24, 2.45) is 0 Å². The fourth-order valence-electron chi connectivity index (χ4n) is 1.22. The second-order valence-corrected chi connectivity index (χ2v) is 3.77. The zero-order chi connectivity index (χ0) is 16.4. The molecule has 1 aromatic rings. The number of rotatable bonds is 3. The van der Waals surface area contributed by atoms with Crippen molar-refractivity contribution in [1.82, 2.24) is 0 Å². The first-order chi connectivity index (χ1) is 9.43. The van der Waals surface area contributed by atoms with Gasteiger partial charge in [0.2, 0.25) is 0 Å². The van der Waals surface area contributed by atoms with Crippen LogP contribution in [0.15, 0.2) is 12.1 Å². The maximum atomic E-state index is 12.2. The highest BCUT2D eigenvalue weighted by molar-refractivity contribution is 6.32. The molecule has 0 aliphatic heterocycles. The molecular formula is C10H5ClF6O4. The van der Waals surface area contributed by atoms with Crippen LogP contribution in [0.3, 0.4) is 0 Å². The molecular weight excluding hydrogens is 334 g/mol. The molecule has 0 amide bonds. The quantitative estimate of drug-likeness (QED) is 0.619. The van der Waals surface area contributed by atoms with Gasteiger partial charge in [0.1, 0.15) is 17.1 Å². The van der Waals surface area contributed by atoms with E-state index in [9.17, 15) is 31.1 Å². The Morgan fingerprint density at radius 2 is 1.48 bits per heavy atom. The Labute approximate surface area is 118 Å². The van der Waals surface area contributed by atoms with E-state index in [0.717, 1.165) is 7.11 Å². The normalized spacial score (nSPS) is 12.0. The van der Waals surface area contributed by atoms with Gasteiger partial charge in [0.05, 0.1) is 12.1 Å². The molecule has 0 radical (unpaired) electrons. The van der Waals surface area contributed by atoms with E-state index in [-0.39, 0.29) is 0 Å². The van der Waals surface area contributed by atoms with Crippen molar-refractivity contribution in [2.75, 3.05) is 7.11 Å². The zero-order valence-corrected chi connectivity index (χ0v) is 10.7. The average molecular weight is 339 g/mol. The van der Waals surface area contributed by atoms with Crippen LogP contribution >= 0.6 is 11.6 Å². The number of alkyl halides is 6. The summed E-state index contributed by atoms with van der Waals surface area (Å²) in [5, 5.41) is -0.834. The molecule has 0 bridgehead atoms. The van der Waals surface area contributed by atoms with Crippen LogP contribution in [0.25, 0.3) is 0 Å². The Balaban J connectivity index is 3.33. The summed E-state index contributed by atoms with van der Waals surface area (Å²) < 4.78 is 83.9. The standard InChI is InChI=1S/C10H5ClF6O4/c1-19-8(18)4-2-7(21-10(15,16)17)5(11)3-6(4)20-9(12,13)14/h2-3H,1H3. The van der Waals surface area contributed by atoms with Gasteiger partial charge < -0.3 is 14.2 Å². The van der Waals surface area contributed by atoms with Gasteiger partial charge in [-0.05, 0) is 0 Å². The fourth-order valence-corrected chi connectivity index (χ4v) is 1.41. The van der Waals surface area contributed by atoms with Crippen LogP contribution in [0, 0.1) is 0 Å². The number of benzene rings is 1. The molecule has 0 saturated heterocycles. The van der Waals surface area contributed by atoms with Crippen molar-refractivity contribution < 1.29 is 45.3 Å². The largest absolute Gasteiger partial charge is 0.573 e. The Hall–Kier alpha value is -1.84. The van der Waals surface area contributed by atoms with Crippen molar-refractivity contribution in [3.63, 3.8) is 0 Å². The highest BCUT2D eigenvalue weighted by Crippen LogP contribution is 2.37. The van der Waals surface area contributed by atoms with Crippen molar-refractivity contribution in [2.45, 2.75) is 12.7 Å². The molecule has 11 heteroatoms. The maximum Gasteiger partial charge on any atom is 0.573 e. The summed E-state index contributed by atoms with van der Waals surface area (Å²) in [6.45, 7) is 0. The van der Waals surface area contributed by atoms with Crippen LogP contribution in [0.2, 0.25) is 5.02 Å². The second kappa shape index (κ2) is 5.88. The topological polar surface area (TPSA) is 44.8 Å². The molecule has 0 aliphatic rings. The lowest BCUT2D eigenvalue weighted by atomic mass is 10.2. The number of hydrogen-bond donors (Lipinski definition) is 0. The van der Waals surface area contributed by atoms with Crippen molar-refractivity contribution >= 4 is 17.6 Å². The summed E-state index contributed by atoms with van der Waals surface area (Å²) in [7, 11) is 0.818. The van der Waals surface area contributed by atoms with Gasteiger partial charge in [-0.3, -0.25) is 0 Å². The smallest absolute Gasteiger partial charge is 0.465 e. The minimum atomic E-state index is -5.18. The highest BCUT2D eigenvalue weighted by atomic mass is 35.5. The van der Waals surface area contributed by atoms with Crippen molar-refractivity contribution in [1.29, 1.82) is 0 Å². The van der Waals surface area contributed by atoms with E-state index in [0.29, 0.717) is 12.1 Å². The SMILES string of the molecule is COC(=O)c1cc(OC(F)(F)F)c(Cl)cc1OC(F)(F)F. The Morgan fingerprint density at radius 1 is 1.00 bits per heavy atom. The minimum Gasteiger partial charge on any atom is -0.465 e. The first-order valence-corrected chi connectivity index (χ1v) is 5.24. The molecule has 0 unspecified atom stereocenters. The number of esters is 1. The summed E-state index contributed by atoms with van der Waals surface area (Å²) >= 11 is 5.36. The molecule has 1 rings (SSSR count). The molecule has 4 nitrogen and oxygen atoms in total. The van der Waals surface area contributed by atoms with Crippen molar-refractivity contribution in [3.8, 4) is 11.5 Å². The first kappa shape index (κ1) is 17.2. The summed E-state index contributed by atoms with van der Waals surface area (Å²) in [5.74, 6) is -3.55. The van der Waals surface area contributed by atoms with E-state index in [1.807, 2.05) is 0 Å². The van der Waals surface area contributed by atoms with Gasteiger partial charge in [-0.15, -0.1) is 26.3 Å². The summed E-state index contributed by atoms with van der Waals surface area (Å²) in [5.41, 5.74) is -0.932. The molecule has 0 fully saturated rings. The Kier molecular flexibility index (Phi) is 4.82. The van der Waals surface area contributed by atoms with Crippen LogP contribution in [0.1, 0.15) is 10.4 Å². The summed E-state index contributed by atoms with van der Waals surface area (Å²) in [6, 6.07) is 0.700. The number of halogens is 7. The van der Waals surface area contributed by atoms with E-state index in [4.69, 9.17) is 11.6 Å². The van der Waals surface area contributed by atoms with Crippen LogP contribution < -0.4 is 9.47 Å². The van der Waals surface area contributed by atoms with Crippen LogP contribution in [0.5, 0.6) is 11.5 Å². The van der Waals surface area contributed by atoms with E-state index in [1.54, 1.807) is 0 Å². The number of carbonyl (C=O) groups is 1. The maximum absolute atomic E-state index is 12.2. The van der Waals surface area contributed by atoms with E-state index < -0.39 is 40.8 Å². The minimum absolute atomic E-state index is 0.336. The van der Waals surface area contributed by atoms with Crippen LogP contribution in [0.4, 0.5) is 26.3 Å². The monoisotopic (exact) mass is 338 g/mol. The van der Waals surface area contributed by atoms with Gasteiger partial charge in [0, 0.05) is 12.1 Å². The summed E-state index contributed by atoms with van der Waals surface area (Å²) in [6.07, 6.45) is -10.3. The third-order valence-corrected chi connectivity index (χ3v) is 2.19. The Morgan fingerprint density at radius 3 is 1.90 bits per heavy atom. The molecule has 0 heterocycles. The predicted octanol–water partition coefficient (Wildman–Crippen LogP) is 3.92. The van der Waals surface area contributed by atoms with Gasteiger partial charge in [0.25, 0.3) is 0 Å². The van der Waals surface area contributed by atoms with Gasteiger partial charge in [-0.1, -0.05) is 11.6 Å². The fraction of sp³-hybridized carbons (Fsp3) is 0.300. The average Bonchev–Trinajstić information content (AvgIpc) is 2.28. The third kappa shape index (κ3) is 5.21. The lowest BCUT2D eigenvalue weighted by molar-refractivity contribution is -0.277. The molecule has 0 saturated carbocycles. The van der Waals surface area contributed by atoms with Crippen LogP contribution in [-0.2, 0) is 4.74 Å². The zero-order valence-electron chi connectivity index (χ0n) is 9.93. The number of hydrogen-bond acceptors (Lipinski definition) is 4. The lowest BCUT2D eigenvalue weighted by Gasteiger charge is -2.16. The number of methoxy groups -OCH3 is 1. The highest BCUT2D eigenvalue weighted by Gasteiger charge is 2.36. The van der Waals surface area contributed by atoms with Gasteiger partial charge in [0.15, 0.2) is 0 Å². The third-order valence-electron chi connectivity index (χ3n) is 1.89. The summed E-state index contributed by atoms with van der Waals surface area (Å²) in [4.78, 5) is 11.3. The molecule has 0 aromatic heterocycles. The van der Waals surface area contributed by atoms with Crippen LogP contribution in [-0.4, -0.2) is 25.8 Å². The number of carbonyl (C=O) groups excluding carboxylic acids is 1. The van der Waals surface area contributed by atoms with E-state index >= 15 is 0 Å². The molecule has 0 aliphatic carbocycles. The first-order valence-electron chi connectivity index (χ1n) is 4.86. The molecule has 0 atom stereocenters. The molecule has 21 heavy (non-hydrogen) atoms. The molecule has 0 N–H and O–H groups in total. The van der Waals surface area contributed by atoms with Gasteiger partial charge in [-0.25, -0.2) is 4.79 Å². The number of ether oxygens (including phenoxy) is 3. The molecule has 0 spiro atoms. The lowest BCUT2D eigenvalue weighted by Crippen LogP contribution is -2.21. The van der Waals surface area contributed by atoms with Crippen molar-refractivity contribution in [3.05, 3.63) is 22.7 Å². The van der Waals surface area contributed by atoms with Gasteiger partial charge in [-0.2, -0.15) is 0 Å². The Bertz CT molecular complexity index is 540. The predicted molar refractivity (Wildman–Crippen MR) is 56.2 cm³/mol. The van der Waals surface area contributed by atoms with E-state index in [2.05, 4.69) is 14.2 Å². The van der Waals surface area contributed by atoms with E-state index in [1.165, 1.54) is 0 Å². The molecule has 1 aromatic carbocycles.